The second kappa shape index (κ2) is 5.67. The maximum Gasteiger partial charge on any atom is 0.227 e. The zero-order valence-electron chi connectivity index (χ0n) is 11.2. The van der Waals surface area contributed by atoms with Crippen molar-refractivity contribution in [3.05, 3.63) is 34.6 Å². The van der Waals surface area contributed by atoms with Gasteiger partial charge in [-0.05, 0) is 30.5 Å². The van der Waals surface area contributed by atoms with Gasteiger partial charge in [0.05, 0.1) is 19.1 Å². The van der Waals surface area contributed by atoms with Crippen LogP contribution in [0.15, 0.2) is 12.1 Å². The third kappa shape index (κ3) is 3.11. The average molecular weight is 266 g/mol. The number of rotatable bonds is 3. The summed E-state index contributed by atoms with van der Waals surface area (Å²) in [6.07, 6.45) is 0. The molecule has 2 atom stereocenters. The van der Waals surface area contributed by atoms with E-state index in [0.29, 0.717) is 30.9 Å². The van der Waals surface area contributed by atoms with Gasteiger partial charge in [-0.25, -0.2) is 4.39 Å². The van der Waals surface area contributed by atoms with Gasteiger partial charge >= 0.3 is 0 Å². The zero-order chi connectivity index (χ0) is 14.0. The van der Waals surface area contributed by atoms with Crippen molar-refractivity contribution in [2.45, 2.75) is 26.4 Å². The Bertz CT molecular complexity index is 467. The molecule has 2 unspecified atom stereocenters. The SMILES string of the molecule is Cc1cc(CNC(=O)C2COCC2N)cc(C)c1F. The molecule has 1 aliphatic rings. The van der Waals surface area contributed by atoms with E-state index in [2.05, 4.69) is 5.32 Å². The van der Waals surface area contributed by atoms with Gasteiger partial charge in [0.2, 0.25) is 5.91 Å². The number of benzene rings is 1. The quantitative estimate of drug-likeness (QED) is 0.859. The Morgan fingerprint density at radius 3 is 2.58 bits per heavy atom. The Balaban J connectivity index is 1.97. The van der Waals surface area contributed by atoms with E-state index in [1.807, 2.05) is 0 Å². The van der Waals surface area contributed by atoms with Crippen LogP contribution in [0.4, 0.5) is 4.39 Å². The predicted molar refractivity (Wildman–Crippen MR) is 70.0 cm³/mol. The largest absolute Gasteiger partial charge is 0.379 e. The third-order valence-corrected chi connectivity index (χ3v) is 3.42. The van der Waals surface area contributed by atoms with Crippen LogP contribution in [0.2, 0.25) is 0 Å². The second-order valence-electron chi connectivity index (χ2n) is 5.07. The summed E-state index contributed by atoms with van der Waals surface area (Å²) in [6, 6.07) is 3.25. The Labute approximate surface area is 112 Å². The molecule has 4 nitrogen and oxygen atoms in total. The minimum absolute atomic E-state index is 0.107. The summed E-state index contributed by atoms with van der Waals surface area (Å²) >= 11 is 0. The minimum atomic E-state index is -0.289. The summed E-state index contributed by atoms with van der Waals surface area (Å²) in [6.45, 7) is 4.61. The highest BCUT2D eigenvalue weighted by atomic mass is 19.1. The molecule has 1 fully saturated rings. The van der Waals surface area contributed by atoms with Gasteiger partial charge in [-0.3, -0.25) is 4.79 Å². The van der Waals surface area contributed by atoms with Crippen LogP contribution in [-0.4, -0.2) is 25.2 Å². The molecule has 0 radical (unpaired) electrons. The first kappa shape index (κ1) is 14.0. The van der Waals surface area contributed by atoms with E-state index in [-0.39, 0.29) is 23.7 Å². The van der Waals surface area contributed by atoms with E-state index in [1.54, 1.807) is 26.0 Å². The molecular formula is C14H19FN2O2. The first-order valence-corrected chi connectivity index (χ1v) is 6.35. The van der Waals surface area contributed by atoms with Crippen molar-refractivity contribution in [1.82, 2.24) is 5.32 Å². The number of hydrogen-bond donors (Lipinski definition) is 2. The average Bonchev–Trinajstić information content (AvgIpc) is 2.79. The molecule has 0 aromatic heterocycles. The van der Waals surface area contributed by atoms with Crippen LogP contribution in [-0.2, 0) is 16.1 Å². The van der Waals surface area contributed by atoms with Crippen molar-refractivity contribution in [3.8, 4) is 0 Å². The first-order chi connectivity index (χ1) is 8.99. The van der Waals surface area contributed by atoms with Gasteiger partial charge in [0.1, 0.15) is 5.82 Å². The Hall–Kier alpha value is -1.46. The number of ether oxygens (including phenoxy) is 1. The Morgan fingerprint density at radius 2 is 2.05 bits per heavy atom. The Morgan fingerprint density at radius 1 is 1.42 bits per heavy atom. The molecule has 5 heteroatoms. The van der Waals surface area contributed by atoms with Gasteiger partial charge in [-0.15, -0.1) is 0 Å². The van der Waals surface area contributed by atoms with Crippen molar-refractivity contribution in [2.75, 3.05) is 13.2 Å². The van der Waals surface area contributed by atoms with Gasteiger partial charge in [0.25, 0.3) is 0 Å². The third-order valence-electron chi connectivity index (χ3n) is 3.42. The van der Waals surface area contributed by atoms with Crippen LogP contribution in [0.5, 0.6) is 0 Å². The van der Waals surface area contributed by atoms with Gasteiger partial charge in [0.15, 0.2) is 0 Å². The molecule has 0 spiro atoms. The number of amides is 1. The number of nitrogens with one attached hydrogen (secondary N) is 1. The lowest BCUT2D eigenvalue weighted by Gasteiger charge is -2.14. The fourth-order valence-corrected chi connectivity index (χ4v) is 2.30. The summed E-state index contributed by atoms with van der Waals surface area (Å²) in [4.78, 5) is 11.9. The summed E-state index contributed by atoms with van der Waals surface area (Å²) in [5.41, 5.74) is 7.84. The first-order valence-electron chi connectivity index (χ1n) is 6.35. The second-order valence-corrected chi connectivity index (χ2v) is 5.07. The lowest BCUT2D eigenvalue weighted by Crippen LogP contribution is -2.40. The molecule has 1 heterocycles. The molecule has 1 saturated heterocycles. The van der Waals surface area contributed by atoms with E-state index in [1.165, 1.54) is 0 Å². The van der Waals surface area contributed by atoms with E-state index in [4.69, 9.17) is 10.5 Å². The molecule has 1 aliphatic heterocycles. The topological polar surface area (TPSA) is 64.3 Å². The molecule has 19 heavy (non-hydrogen) atoms. The molecule has 2 rings (SSSR count). The van der Waals surface area contributed by atoms with Gasteiger partial charge in [0, 0.05) is 12.6 Å². The van der Waals surface area contributed by atoms with E-state index in [0.717, 1.165) is 5.56 Å². The molecular weight excluding hydrogens is 247 g/mol. The van der Waals surface area contributed by atoms with E-state index >= 15 is 0 Å². The van der Waals surface area contributed by atoms with E-state index in [9.17, 15) is 9.18 Å². The zero-order valence-corrected chi connectivity index (χ0v) is 11.2. The molecule has 104 valence electrons. The molecule has 0 bridgehead atoms. The highest BCUT2D eigenvalue weighted by Crippen LogP contribution is 2.15. The molecule has 1 amide bonds. The van der Waals surface area contributed by atoms with Crippen molar-refractivity contribution in [3.63, 3.8) is 0 Å². The Kier molecular flexibility index (Phi) is 4.17. The monoisotopic (exact) mass is 266 g/mol. The molecule has 0 aliphatic carbocycles. The normalized spacial score (nSPS) is 22.5. The van der Waals surface area contributed by atoms with Gasteiger partial charge in [-0.1, -0.05) is 12.1 Å². The number of nitrogens with two attached hydrogens (primary N) is 1. The van der Waals surface area contributed by atoms with Crippen LogP contribution >= 0.6 is 0 Å². The molecule has 1 aromatic rings. The van der Waals surface area contributed by atoms with Crippen molar-refractivity contribution in [2.24, 2.45) is 11.7 Å². The molecule has 1 aromatic carbocycles. The number of hydrogen-bond acceptors (Lipinski definition) is 3. The van der Waals surface area contributed by atoms with Crippen LogP contribution in [0, 0.1) is 25.6 Å². The van der Waals surface area contributed by atoms with Gasteiger partial charge in [-0.2, -0.15) is 0 Å². The van der Waals surface area contributed by atoms with Crippen LogP contribution in [0.25, 0.3) is 0 Å². The van der Waals surface area contributed by atoms with Crippen molar-refractivity contribution in [1.29, 1.82) is 0 Å². The highest BCUT2D eigenvalue weighted by Gasteiger charge is 2.30. The highest BCUT2D eigenvalue weighted by molar-refractivity contribution is 5.79. The number of aryl methyl sites for hydroxylation is 2. The van der Waals surface area contributed by atoms with Crippen LogP contribution < -0.4 is 11.1 Å². The standard InChI is InChI=1S/C14H19FN2O2/c1-8-3-10(4-9(2)13(8)15)5-17-14(18)11-6-19-7-12(11)16/h3-4,11-12H,5-7,16H2,1-2H3,(H,17,18). The maximum absolute atomic E-state index is 13.5. The number of carbonyl (C=O) groups excluding carboxylic acids is 1. The predicted octanol–water partition coefficient (Wildman–Crippen LogP) is 1.03. The van der Waals surface area contributed by atoms with Crippen molar-refractivity contribution < 1.29 is 13.9 Å². The maximum atomic E-state index is 13.5. The molecule has 0 saturated carbocycles. The fourth-order valence-electron chi connectivity index (χ4n) is 2.30. The minimum Gasteiger partial charge on any atom is -0.379 e. The van der Waals surface area contributed by atoms with Crippen molar-refractivity contribution >= 4 is 5.91 Å². The van der Waals surface area contributed by atoms with Crippen LogP contribution in [0.3, 0.4) is 0 Å². The number of carbonyl (C=O) groups is 1. The number of halogens is 1. The summed E-state index contributed by atoms with van der Waals surface area (Å²) in [5, 5.41) is 2.82. The lowest BCUT2D eigenvalue weighted by molar-refractivity contribution is -0.125. The summed E-state index contributed by atoms with van der Waals surface area (Å²) in [7, 11) is 0. The fraction of sp³-hybridized carbons (Fsp3) is 0.500. The molecule has 3 N–H and O–H groups in total. The summed E-state index contributed by atoms with van der Waals surface area (Å²) < 4.78 is 18.6. The van der Waals surface area contributed by atoms with E-state index < -0.39 is 0 Å². The van der Waals surface area contributed by atoms with Crippen LogP contribution in [0.1, 0.15) is 16.7 Å². The summed E-state index contributed by atoms with van der Waals surface area (Å²) in [5.74, 6) is -0.589. The lowest BCUT2D eigenvalue weighted by atomic mass is 10.0. The smallest absolute Gasteiger partial charge is 0.227 e. The van der Waals surface area contributed by atoms with Gasteiger partial charge < -0.3 is 15.8 Å².